The van der Waals surface area contributed by atoms with Crippen LogP contribution in [0, 0.1) is 5.92 Å². The average Bonchev–Trinajstić information content (AvgIpc) is 2.27. The molecule has 0 aromatic heterocycles. The van der Waals surface area contributed by atoms with Crippen molar-refractivity contribution in [2.45, 2.75) is 13.8 Å². The fourth-order valence-electron chi connectivity index (χ4n) is 1.26. The number of allylic oxidation sites excluding steroid dienone is 4. The van der Waals surface area contributed by atoms with Crippen molar-refractivity contribution >= 4 is 5.97 Å². The van der Waals surface area contributed by atoms with Gasteiger partial charge < -0.3 is 4.74 Å². The van der Waals surface area contributed by atoms with Crippen molar-refractivity contribution in [3.05, 3.63) is 35.5 Å². The SMILES string of the molecule is COC(=O)C1C=C(C)C=CC(C)=C1. The van der Waals surface area contributed by atoms with E-state index in [0.29, 0.717) is 0 Å². The van der Waals surface area contributed by atoms with Crippen molar-refractivity contribution in [2.24, 2.45) is 5.92 Å². The standard InChI is InChI=1S/C11H14O2/c1-8-4-5-9(2)7-10(6-8)11(12)13-3/h4-7,10H,1-3H3. The second kappa shape index (κ2) is 4.08. The lowest BCUT2D eigenvalue weighted by Gasteiger charge is -2.05. The number of hydrogen-bond acceptors (Lipinski definition) is 2. The van der Waals surface area contributed by atoms with E-state index in [1.165, 1.54) is 7.11 Å². The van der Waals surface area contributed by atoms with E-state index in [2.05, 4.69) is 4.74 Å². The Morgan fingerprint density at radius 1 is 1.23 bits per heavy atom. The summed E-state index contributed by atoms with van der Waals surface area (Å²) in [6.07, 6.45) is 7.79. The number of hydrogen-bond donors (Lipinski definition) is 0. The van der Waals surface area contributed by atoms with Gasteiger partial charge in [0.25, 0.3) is 0 Å². The molecule has 2 heteroatoms. The lowest BCUT2D eigenvalue weighted by atomic mass is 10.1. The van der Waals surface area contributed by atoms with Gasteiger partial charge in [-0.15, -0.1) is 0 Å². The minimum Gasteiger partial charge on any atom is -0.468 e. The van der Waals surface area contributed by atoms with E-state index >= 15 is 0 Å². The summed E-state index contributed by atoms with van der Waals surface area (Å²) in [5.41, 5.74) is 2.17. The van der Waals surface area contributed by atoms with Gasteiger partial charge in [0.2, 0.25) is 0 Å². The predicted octanol–water partition coefficient (Wildman–Crippen LogP) is 2.24. The summed E-state index contributed by atoms with van der Waals surface area (Å²) in [4.78, 5) is 11.3. The Labute approximate surface area is 78.6 Å². The lowest BCUT2D eigenvalue weighted by Crippen LogP contribution is -2.11. The monoisotopic (exact) mass is 178 g/mol. The highest BCUT2D eigenvalue weighted by atomic mass is 16.5. The maximum atomic E-state index is 11.3. The van der Waals surface area contributed by atoms with E-state index in [1.54, 1.807) is 0 Å². The molecule has 1 aliphatic carbocycles. The van der Waals surface area contributed by atoms with Crippen molar-refractivity contribution in [3.63, 3.8) is 0 Å². The van der Waals surface area contributed by atoms with Gasteiger partial charge >= 0.3 is 5.97 Å². The number of rotatable bonds is 1. The molecule has 0 bridgehead atoms. The van der Waals surface area contributed by atoms with Gasteiger partial charge in [-0.25, -0.2) is 0 Å². The molecule has 0 N–H and O–H groups in total. The number of carbonyl (C=O) groups excluding carboxylic acids is 1. The molecule has 0 aromatic carbocycles. The molecule has 13 heavy (non-hydrogen) atoms. The quantitative estimate of drug-likeness (QED) is 0.575. The van der Waals surface area contributed by atoms with E-state index in [9.17, 15) is 4.79 Å². The largest absolute Gasteiger partial charge is 0.468 e. The first-order chi connectivity index (χ1) is 6.13. The molecule has 0 aromatic rings. The summed E-state index contributed by atoms with van der Waals surface area (Å²) in [5, 5.41) is 0. The van der Waals surface area contributed by atoms with Crippen LogP contribution in [-0.2, 0) is 9.53 Å². The highest BCUT2D eigenvalue weighted by Crippen LogP contribution is 2.16. The third-order valence-corrected chi connectivity index (χ3v) is 1.97. The van der Waals surface area contributed by atoms with Crippen LogP contribution in [0.1, 0.15) is 13.8 Å². The van der Waals surface area contributed by atoms with Gasteiger partial charge in [0.05, 0.1) is 13.0 Å². The summed E-state index contributed by atoms with van der Waals surface area (Å²) in [6.45, 7) is 3.94. The van der Waals surface area contributed by atoms with Gasteiger partial charge in [0, 0.05) is 0 Å². The lowest BCUT2D eigenvalue weighted by molar-refractivity contribution is -0.142. The van der Waals surface area contributed by atoms with Crippen LogP contribution >= 0.6 is 0 Å². The van der Waals surface area contributed by atoms with Gasteiger partial charge in [0.1, 0.15) is 0 Å². The molecule has 2 nitrogen and oxygen atoms in total. The molecule has 0 radical (unpaired) electrons. The topological polar surface area (TPSA) is 26.3 Å². The van der Waals surface area contributed by atoms with Crippen LogP contribution in [0.3, 0.4) is 0 Å². The summed E-state index contributed by atoms with van der Waals surface area (Å²) >= 11 is 0. The molecule has 0 amide bonds. The van der Waals surface area contributed by atoms with E-state index in [1.807, 2.05) is 38.2 Å². The Balaban J connectivity index is 2.92. The molecule has 0 fully saturated rings. The first-order valence-electron chi connectivity index (χ1n) is 4.26. The van der Waals surface area contributed by atoms with Gasteiger partial charge in [-0.2, -0.15) is 0 Å². The summed E-state index contributed by atoms with van der Waals surface area (Å²) < 4.78 is 4.69. The van der Waals surface area contributed by atoms with Crippen molar-refractivity contribution in [1.82, 2.24) is 0 Å². The normalized spacial score (nSPS) is 17.5. The maximum Gasteiger partial charge on any atom is 0.316 e. The second-order valence-corrected chi connectivity index (χ2v) is 3.20. The van der Waals surface area contributed by atoms with Crippen LogP contribution in [0.4, 0.5) is 0 Å². The highest BCUT2D eigenvalue weighted by Gasteiger charge is 2.14. The number of esters is 1. The molecule has 70 valence electrons. The van der Waals surface area contributed by atoms with Gasteiger partial charge in [-0.1, -0.05) is 35.5 Å². The minimum absolute atomic E-state index is 0.206. The van der Waals surface area contributed by atoms with E-state index < -0.39 is 0 Å². The average molecular weight is 178 g/mol. The zero-order chi connectivity index (χ0) is 9.84. The van der Waals surface area contributed by atoms with Crippen LogP contribution in [0.25, 0.3) is 0 Å². The van der Waals surface area contributed by atoms with E-state index in [0.717, 1.165) is 11.1 Å². The molecule has 1 rings (SSSR count). The Hall–Kier alpha value is -1.31. The van der Waals surface area contributed by atoms with E-state index in [-0.39, 0.29) is 11.9 Å². The van der Waals surface area contributed by atoms with Crippen LogP contribution in [-0.4, -0.2) is 13.1 Å². The first kappa shape index (κ1) is 9.78. The van der Waals surface area contributed by atoms with Gasteiger partial charge in [0.15, 0.2) is 0 Å². The fourth-order valence-corrected chi connectivity index (χ4v) is 1.26. The fraction of sp³-hybridized carbons (Fsp3) is 0.364. The van der Waals surface area contributed by atoms with Gasteiger partial charge in [-0.05, 0) is 13.8 Å². The molecule has 0 unspecified atom stereocenters. The number of methoxy groups -OCH3 is 1. The van der Waals surface area contributed by atoms with Crippen molar-refractivity contribution in [1.29, 1.82) is 0 Å². The summed E-state index contributed by atoms with van der Waals surface area (Å²) in [5.74, 6) is -0.442. The van der Waals surface area contributed by atoms with Crippen LogP contribution in [0.15, 0.2) is 35.5 Å². The Morgan fingerprint density at radius 3 is 2.08 bits per heavy atom. The van der Waals surface area contributed by atoms with Crippen molar-refractivity contribution in [3.8, 4) is 0 Å². The van der Waals surface area contributed by atoms with E-state index in [4.69, 9.17) is 0 Å². The smallest absolute Gasteiger partial charge is 0.316 e. The molecule has 0 atom stereocenters. The van der Waals surface area contributed by atoms with Crippen LogP contribution < -0.4 is 0 Å². The Kier molecular flexibility index (Phi) is 3.07. The molecule has 0 aliphatic heterocycles. The zero-order valence-electron chi connectivity index (χ0n) is 8.20. The van der Waals surface area contributed by atoms with Gasteiger partial charge in [-0.3, -0.25) is 4.79 Å². The molecular formula is C11H14O2. The summed E-state index contributed by atoms with van der Waals surface area (Å²) in [6, 6.07) is 0. The molecule has 0 saturated heterocycles. The van der Waals surface area contributed by atoms with Crippen molar-refractivity contribution in [2.75, 3.05) is 7.11 Å². The summed E-state index contributed by atoms with van der Waals surface area (Å²) in [7, 11) is 1.41. The molecule has 0 spiro atoms. The Bertz CT molecular complexity index is 273. The molecule has 1 aliphatic rings. The van der Waals surface area contributed by atoms with Crippen LogP contribution in [0.2, 0.25) is 0 Å². The zero-order valence-corrected chi connectivity index (χ0v) is 8.20. The first-order valence-corrected chi connectivity index (χ1v) is 4.26. The third kappa shape index (κ3) is 2.58. The van der Waals surface area contributed by atoms with Crippen molar-refractivity contribution < 1.29 is 9.53 Å². The predicted molar refractivity (Wildman–Crippen MR) is 52.2 cm³/mol. The Morgan fingerprint density at radius 2 is 1.69 bits per heavy atom. The molecule has 0 saturated carbocycles. The minimum atomic E-state index is -0.236. The molecule has 0 heterocycles. The second-order valence-electron chi connectivity index (χ2n) is 3.20. The van der Waals surface area contributed by atoms with Crippen LogP contribution in [0.5, 0.6) is 0 Å². The molecular weight excluding hydrogens is 164 g/mol. The maximum absolute atomic E-state index is 11.3. The number of ether oxygens (including phenoxy) is 1. The number of carbonyl (C=O) groups is 1. The highest BCUT2D eigenvalue weighted by molar-refractivity contribution is 5.77. The third-order valence-electron chi connectivity index (χ3n) is 1.97.